The molecule has 164 valence electrons. The molecule has 0 saturated carbocycles. The van der Waals surface area contributed by atoms with E-state index in [-0.39, 0.29) is 11.5 Å². The summed E-state index contributed by atoms with van der Waals surface area (Å²) in [5.41, 5.74) is 3.06. The van der Waals surface area contributed by atoms with Crippen molar-refractivity contribution in [2.45, 2.75) is 25.7 Å². The molecular weight excluding hydrogens is 412 g/mol. The van der Waals surface area contributed by atoms with Crippen LogP contribution in [0.2, 0.25) is 0 Å². The van der Waals surface area contributed by atoms with Crippen molar-refractivity contribution in [1.82, 2.24) is 0 Å². The van der Waals surface area contributed by atoms with Gasteiger partial charge in [0.1, 0.15) is 11.0 Å². The highest BCUT2D eigenvalue weighted by molar-refractivity contribution is 7.95. The number of nitriles is 1. The number of unbranched alkanes of at least 4 members (excludes halogenated alkanes) is 3. The lowest BCUT2D eigenvalue weighted by Gasteiger charge is -2.19. The predicted octanol–water partition coefficient (Wildman–Crippen LogP) is 5.00. The number of aliphatic hydroxyl groups excluding tert-OH is 1. The zero-order chi connectivity index (χ0) is 22.7. The van der Waals surface area contributed by atoms with Gasteiger partial charge in [-0.1, -0.05) is 25.0 Å². The van der Waals surface area contributed by atoms with Crippen molar-refractivity contribution in [2.24, 2.45) is 10.2 Å². The summed E-state index contributed by atoms with van der Waals surface area (Å²) in [4.78, 5) is 1.91. The molecule has 0 amide bonds. The number of rotatable bonds is 11. The summed E-state index contributed by atoms with van der Waals surface area (Å²) < 4.78 is 23.0. The van der Waals surface area contributed by atoms with Crippen LogP contribution < -0.4 is 4.90 Å². The highest BCUT2D eigenvalue weighted by Gasteiger charge is 2.10. The van der Waals surface area contributed by atoms with Gasteiger partial charge in [0.15, 0.2) is 9.84 Å². The van der Waals surface area contributed by atoms with Gasteiger partial charge in [0.25, 0.3) is 0 Å². The molecular formula is C23H28N4O3S. The summed E-state index contributed by atoms with van der Waals surface area (Å²) in [5, 5.41) is 26.2. The third-order valence-electron chi connectivity index (χ3n) is 4.67. The average molecular weight is 441 g/mol. The molecule has 0 aliphatic heterocycles. The lowest BCUT2D eigenvalue weighted by molar-refractivity contribution is 0.282. The molecule has 0 heterocycles. The Labute approximate surface area is 184 Å². The van der Waals surface area contributed by atoms with Crippen LogP contribution in [0.4, 0.5) is 17.1 Å². The monoisotopic (exact) mass is 440 g/mol. The first-order valence-electron chi connectivity index (χ1n) is 10.1. The SMILES string of the molecule is CN(CCCCCCO)c1ccc(N=Nc2ccc(/C=C(\C#N)S(C)(=O)=O)cc2)cc1. The van der Waals surface area contributed by atoms with E-state index in [0.717, 1.165) is 49.9 Å². The van der Waals surface area contributed by atoms with Gasteiger partial charge in [-0.05, 0) is 60.9 Å². The molecule has 31 heavy (non-hydrogen) atoms. The number of nitrogens with zero attached hydrogens (tertiary/aromatic N) is 4. The first-order valence-corrected chi connectivity index (χ1v) is 12.0. The second-order valence-electron chi connectivity index (χ2n) is 7.26. The summed E-state index contributed by atoms with van der Waals surface area (Å²) in [5.74, 6) is 0. The smallest absolute Gasteiger partial charge is 0.185 e. The number of hydrogen-bond acceptors (Lipinski definition) is 7. The molecule has 0 spiro atoms. The zero-order valence-corrected chi connectivity index (χ0v) is 18.7. The number of anilines is 1. The molecule has 2 aromatic rings. The molecule has 2 aromatic carbocycles. The molecule has 1 N–H and O–H groups in total. The van der Waals surface area contributed by atoms with E-state index in [0.29, 0.717) is 11.3 Å². The molecule has 0 atom stereocenters. The van der Waals surface area contributed by atoms with Crippen molar-refractivity contribution in [3.05, 3.63) is 59.0 Å². The normalized spacial score (nSPS) is 12.1. The van der Waals surface area contributed by atoms with E-state index in [2.05, 4.69) is 22.2 Å². The standard InChI is InChI=1S/C23H28N4O3S/c1-27(15-5-3-4-6-16-28)22-13-11-21(12-14-22)26-25-20-9-7-19(8-10-20)17-23(18-24)31(2,29)30/h7-14,17,28H,3-6,15-16H2,1-2H3/b23-17+,26-25?. The number of aliphatic hydroxyl groups is 1. The van der Waals surface area contributed by atoms with Crippen LogP contribution in [-0.2, 0) is 9.84 Å². The predicted molar refractivity (Wildman–Crippen MR) is 124 cm³/mol. The molecule has 7 nitrogen and oxygen atoms in total. The molecule has 0 aromatic heterocycles. The van der Waals surface area contributed by atoms with Crippen LogP contribution in [-0.4, -0.2) is 40.0 Å². The zero-order valence-electron chi connectivity index (χ0n) is 17.9. The molecule has 0 radical (unpaired) electrons. The minimum atomic E-state index is -3.54. The van der Waals surface area contributed by atoms with E-state index in [1.807, 2.05) is 24.3 Å². The van der Waals surface area contributed by atoms with Gasteiger partial charge in [-0.2, -0.15) is 15.5 Å². The first kappa shape index (κ1) is 24.3. The van der Waals surface area contributed by atoms with E-state index in [1.54, 1.807) is 30.3 Å². The summed E-state index contributed by atoms with van der Waals surface area (Å²) in [6.45, 7) is 1.22. The number of azo groups is 1. The Hall–Kier alpha value is -3.02. The summed E-state index contributed by atoms with van der Waals surface area (Å²) in [6, 6.07) is 16.3. The number of sulfone groups is 1. The number of hydrogen-bond donors (Lipinski definition) is 1. The maximum atomic E-state index is 11.5. The van der Waals surface area contributed by atoms with Gasteiger partial charge in [0.2, 0.25) is 0 Å². The van der Waals surface area contributed by atoms with Crippen LogP contribution in [0.3, 0.4) is 0 Å². The minimum Gasteiger partial charge on any atom is -0.396 e. The largest absolute Gasteiger partial charge is 0.396 e. The van der Waals surface area contributed by atoms with Gasteiger partial charge in [0, 0.05) is 32.1 Å². The molecule has 0 aliphatic rings. The second kappa shape index (κ2) is 12.0. The Bertz CT molecular complexity index is 1040. The Morgan fingerprint density at radius 2 is 1.55 bits per heavy atom. The van der Waals surface area contributed by atoms with E-state index in [9.17, 15) is 8.42 Å². The van der Waals surface area contributed by atoms with Crippen LogP contribution in [0.1, 0.15) is 31.2 Å². The van der Waals surface area contributed by atoms with Crippen LogP contribution in [0.15, 0.2) is 63.7 Å². The lowest BCUT2D eigenvalue weighted by Crippen LogP contribution is -2.18. The van der Waals surface area contributed by atoms with Gasteiger partial charge >= 0.3 is 0 Å². The Morgan fingerprint density at radius 3 is 2.06 bits per heavy atom. The van der Waals surface area contributed by atoms with Crippen molar-refractivity contribution < 1.29 is 13.5 Å². The number of benzene rings is 2. The van der Waals surface area contributed by atoms with Gasteiger partial charge < -0.3 is 10.0 Å². The lowest BCUT2D eigenvalue weighted by atomic mass is 10.2. The third kappa shape index (κ3) is 8.32. The minimum absolute atomic E-state index is 0.262. The van der Waals surface area contributed by atoms with Crippen LogP contribution >= 0.6 is 0 Å². The topological polar surface area (TPSA) is 106 Å². The second-order valence-corrected chi connectivity index (χ2v) is 9.24. The molecule has 2 rings (SSSR count). The third-order valence-corrected chi connectivity index (χ3v) is 5.68. The first-order chi connectivity index (χ1) is 14.8. The van der Waals surface area contributed by atoms with Crippen LogP contribution in [0.25, 0.3) is 6.08 Å². The van der Waals surface area contributed by atoms with E-state index >= 15 is 0 Å². The average Bonchev–Trinajstić information content (AvgIpc) is 2.76. The summed E-state index contributed by atoms with van der Waals surface area (Å²) in [7, 11) is -1.49. The Kier molecular flexibility index (Phi) is 9.38. The molecule has 0 bridgehead atoms. The fraction of sp³-hybridized carbons (Fsp3) is 0.348. The quantitative estimate of drug-likeness (QED) is 0.301. The summed E-state index contributed by atoms with van der Waals surface area (Å²) >= 11 is 0. The van der Waals surface area contributed by atoms with Crippen LogP contribution in [0.5, 0.6) is 0 Å². The van der Waals surface area contributed by atoms with Gasteiger partial charge in [-0.3, -0.25) is 0 Å². The van der Waals surface area contributed by atoms with E-state index in [1.165, 1.54) is 6.08 Å². The highest BCUT2D eigenvalue weighted by atomic mass is 32.2. The van der Waals surface area contributed by atoms with Crippen molar-refractivity contribution >= 4 is 33.0 Å². The fourth-order valence-electron chi connectivity index (χ4n) is 2.84. The van der Waals surface area contributed by atoms with Gasteiger partial charge in [0.05, 0.1) is 11.4 Å². The van der Waals surface area contributed by atoms with Crippen molar-refractivity contribution in [2.75, 3.05) is 31.4 Å². The molecule has 0 saturated heterocycles. The van der Waals surface area contributed by atoms with Crippen molar-refractivity contribution in [3.8, 4) is 6.07 Å². The van der Waals surface area contributed by atoms with Crippen LogP contribution in [0, 0.1) is 11.3 Å². The van der Waals surface area contributed by atoms with E-state index in [4.69, 9.17) is 10.4 Å². The maximum absolute atomic E-state index is 11.5. The van der Waals surface area contributed by atoms with Crippen molar-refractivity contribution in [3.63, 3.8) is 0 Å². The molecule has 0 unspecified atom stereocenters. The molecule has 0 fully saturated rings. The van der Waals surface area contributed by atoms with Gasteiger partial charge in [-0.15, -0.1) is 0 Å². The fourth-order valence-corrected chi connectivity index (χ4v) is 3.36. The Balaban J connectivity index is 1.95. The highest BCUT2D eigenvalue weighted by Crippen LogP contribution is 2.23. The maximum Gasteiger partial charge on any atom is 0.185 e. The van der Waals surface area contributed by atoms with E-state index < -0.39 is 9.84 Å². The Morgan fingerprint density at radius 1 is 1.00 bits per heavy atom. The summed E-state index contributed by atoms with van der Waals surface area (Å²) in [6.07, 6.45) is 6.45. The molecule has 0 aliphatic carbocycles. The van der Waals surface area contributed by atoms with Crippen molar-refractivity contribution in [1.29, 1.82) is 5.26 Å². The molecule has 8 heteroatoms. The number of allylic oxidation sites excluding steroid dienone is 1. The van der Waals surface area contributed by atoms with Gasteiger partial charge in [-0.25, -0.2) is 8.42 Å².